The van der Waals surface area contributed by atoms with Gasteiger partial charge in [-0.1, -0.05) is 6.92 Å². The average Bonchev–Trinajstić information content (AvgIpc) is 3.17. The predicted octanol–water partition coefficient (Wildman–Crippen LogP) is 3.51. The molecule has 0 amide bonds. The first kappa shape index (κ1) is 11.7. The number of hydrogen-bond donors (Lipinski definition) is 1. The summed E-state index contributed by atoms with van der Waals surface area (Å²) in [4.78, 5) is 9.55. The van der Waals surface area contributed by atoms with Gasteiger partial charge in [-0.15, -0.1) is 0 Å². The lowest BCUT2D eigenvalue weighted by Crippen LogP contribution is -2.09. The normalized spacial score (nSPS) is 27.0. The van der Waals surface area contributed by atoms with E-state index in [0.29, 0.717) is 11.8 Å². The minimum Gasteiger partial charge on any atom is -0.369 e. The fourth-order valence-corrected chi connectivity index (χ4v) is 3.11. The summed E-state index contributed by atoms with van der Waals surface area (Å²) < 4.78 is 1.24. The molecule has 2 atom stereocenters. The SMILES string of the molecule is CCNc1nc(C2CC2C)nc(C2CC2)c1I. The fourth-order valence-electron chi connectivity index (χ4n) is 2.24. The van der Waals surface area contributed by atoms with Gasteiger partial charge in [-0.25, -0.2) is 9.97 Å². The highest BCUT2D eigenvalue weighted by Crippen LogP contribution is 2.48. The van der Waals surface area contributed by atoms with Gasteiger partial charge in [-0.2, -0.15) is 0 Å². The molecule has 0 aliphatic heterocycles. The Bertz CT molecular complexity index is 443. The molecular formula is C13H18IN3. The molecule has 92 valence electrons. The number of nitrogens with one attached hydrogen (secondary N) is 1. The first-order chi connectivity index (χ1) is 8.20. The van der Waals surface area contributed by atoms with Crippen LogP contribution in [0, 0.1) is 9.49 Å². The lowest BCUT2D eigenvalue weighted by Gasteiger charge is -2.11. The Morgan fingerprint density at radius 3 is 2.59 bits per heavy atom. The van der Waals surface area contributed by atoms with Gasteiger partial charge in [0.15, 0.2) is 0 Å². The maximum absolute atomic E-state index is 4.83. The summed E-state index contributed by atoms with van der Waals surface area (Å²) in [5.41, 5.74) is 1.30. The van der Waals surface area contributed by atoms with Crippen molar-refractivity contribution >= 4 is 28.4 Å². The highest BCUT2D eigenvalue weighted by atomic mass is 127. The van der Waals surface area contributed by atoms with Crippen LogP contribution in [0.5, 0.6) is 0 Å². The Morgan fingerprint density at radius 2 is 2.06 bits per heavy atom. The van der Waals surface area contributed by atoms with Crippen molar-refractivity contribution in [2.45, 2.75) is 44.9 Å². The Hall–Kier alpha value is -0.390. The summed E-state index contributed by atoms with van der Waals surface area (Å²) in [5, 5.41) is 3.38. The van der Waals surface area contributed by atoms with Gasteiger partial charge < -0.3 is 5.32 Å². The molecule has 1 aromatic rings. The molecule has 1 aromatic heterocycles. The summed E-state index contributed by atoms with van der Waals surface area (Å²) in [5.74, 6) is 4.23. The van der Waals surface area contributed by atoms with E-state index in [4.69, 9.17) is 9.97 Å². The summed E-state index contributed by atoms with van der Waals surface area (Å²) in [6, 6.07) is 0. The van der Waals surface area contributed by atoms with Crippen LogP contribution in [0.1, 0.15) is 56.5 Å². The lowest BCUT2D eigenvalue weighted by atomic mass is 10.2. The molecule has 2 unspecified atom stereocenters. The average molecular weight is 343 g/mol. The molecule has 2 aliphatic carbocycles. The van der Waals surface area contributed by atoms with Crippen LogP contribution in [0.2, 0.25) is 0 Å². The second-order valence-corrected chi connectivity index (χ2v) is 6.33. The molecule has 3 nitrogen and oxygen atoms in total. The van der Waals surface area contributed by atoms with Crippen molar-refractivity contribution in [3.05, 3.63) is 15.1 Å². The molecule has 2 fully saturated rings. The Balaban J connectivity index is 1.98. The zero-order chi connectivity index (χ0) is 12.0. The third-order valence-corrected chi connectivity index (χ3v) is 4.71. The standard InChI is InChI=1S/C13H18IN3/c1-3-15-13-10(14)11(8-4-5-8)16-12(17-13)9-6-7(9)2/h7-9H,3-6H2,1-2H3,(H,15,16,17). The molecule has 0 radical (unpaired) electrons. The van der Waals surface area contributed by atoms with Gasteiger partial charge in [-0.05, 0) is 54.7 Å². The second kappa shape index (κ2) is 4.37. The number of halogens is 1. The van der Waals surface area contributed by atoms with E-state index in [1.807, 2.05) is 0 Å². The molecule has 0 bridgehead atoms. The molecule has 3 rings (SSSR count). The molecule has 1 N–H and O–H groups in total. The van der Waals surface area contributed by atoms with E-state index in [-0.39, 0.29) is 0 Å². The lowest BCUT2D eigenvalue weighted by molar-refractivity contribution is 0.814. The van der Waals surface area contributed by atoms with Crippen molar-refractivity contribution in [2.75, 3.05) is 11.9 Å². The Labute approximate surface area is 116 Å². The molecule has 4 heteroatoms. The van der Waals surface area contributed by atoms with Crippen LogP contribution in [-0.2, 0) is 0 Å². The van der Waals surface area contributed by atoms with Gasteiger partial charge in [0.05, 0.1) is 9.26 Å². The zero-order valence-corrected chi connectivity index (χ0v) is 12.5. The minimum absolute atomic E-state index is 0.613. The largest absolute Gasteiger partial charge is 0.369 e. The Kier molecular flexibility index (Phi) is 3.00. The summed E-state index contributed by atoms with van der Waals surface area (Å²) >= 11 is 2.40. The molecular weight excluding hydrogens is 325 g/mol. The van der Waals surface area contributed by atoms with Gasteiger partial charge in [0.1, 0.15) is 11.6 Å². The van der Waals surface area contributed by atoms with E-state index in [9.17, 15) is 0 Å². The van der Waals surface area contributed by atoms with Crippen molar-refractivity contribution in [1.82, 2.24) is 9.97 Å². The van der Waals surface area contributed by atoms with E-state index < -0.39 is 0 Å². The molecule has 0 spiro atoms. The van der Waals surface area contributed by atoms with Gasteiger partial charge in [-0.3, -0.25) is 0 Å². The molecule has 0 saturated heterocycles. The van der Waals surface area contributed by atoms with E-state index in [1.54, 1.807) is 0 Å². The summed E-state index contributed by atoms with van der Waals surface area (Å²) in [6.07, 6.45) is 3.87. The smallest absolute Gasteiger partial charge is 0.143 e. The third-order valence-electron chi connectivity index (χ3n) is 3.64. The number of nitrogens with zero attached hydrogens (tertiary/aromatic N) is 2. The van der Waals surface area contributed by atoms with Crippen molar-refractivity contribution < 1.29 is 0 Å². The molecule has 0 aromatic carbocycles. The maximum Gasteiger partial charge on any atom is 0.143 e. The maximum atomic E-state index is 4.83. The Morgan fingerprint density at radius 1 is 1.35 bits per heavy atom. The quantitative estimate of drug-likeness (QED) is 0.850. The third kappa shape index (κ3) is 2.28. The van der Waals surface area contributed by atoms with Gasteiger partial charge in [0.2, 0.25) is 0 Å². The van der Waals surface area contributed by atoms with Crippen LogP contribution in [0.15, 0.2) is 0 Å². The van der Waals surface area contributed by atoms with Gasteiger partial charge >= 0.3 is 0 Å². The van der Waals surface area contributed by atoms with E-state index >= 15 is 0 Å². The first-order valence-electron chi connectivity index (χ1n) is 6.52. The fraction of sp³-hybridized carbons (Fsp3) is 0.692. The van der Waals surface area contributed by atoms with Crippen LogP contribution in [0.25, 0.3) is 0 Å². The van der Waals surface area contributed by atoms with Crippen LogP contribution in [0.3, 0.4) is 0 Å². The predicted molar refractivity (Wildman–Crippen MR) is 77.4 cm³/mol. The summed E-state index contributed by atoms with van der Waals surface area (Å²) in [7, 11) is 0. The zero-order valence-electron chi connectivity index (χ0n) is 10.3. The topological polar surface area (TPSA) is 37.8 Å². The highest BCUT2D eigenvalue weighted by Gasteiger charge is 2.38. The van der Waals surface area contributed by atoms with Crippen LogP contribution in [0.4, 0.5) is 5.82 Å². The van der Waals surface area contributed by atoms with E-state index in [0.717, 1.165) is 24.1 Å². The number of rotatable bonds is 4. The van der Waals surface area contributed by atoms with Gasteiger partial charge in [0.25, 0.3) is 0 Å². The van der Waals surface area contributed by atoms with E-state index in [1.165, 1.54) is 28.5 Å². The van der Waals surface area contributed by atoms with Crippen molar-refractivity contribution in [3.63, 3.8) is 0 Å². The summed E-state index contributed by atoms with van der Waals surface area (Å²) in [6.45, 7) is 5.33. The number of aromatic nitrogens is 2. The molecule has 2 saturated carbocycles. The van der Waals surface area contributed by atoms with Crippen LogP contribution < -0.4 is 5.32 Å². The minimum atomic E-state index is 0.613. The van der Waals surface area contributed by atoms with Crippen LogP contribution >= 0.6 is 22.6 Å². The molecule has 1 heterocycles. The first-order valence-corrected chi connectivity index (χ1v) is 7.59. The van der Waals surface area contributed by atoms with E-state index in [2.05, 4.69) is 41.8 Å². The van der Waals surface area contributed by atoms with Crippen LogP contribution in [-0.4, -0.2) is 16.5 Å². The van der Waals surface area contributed by atoms with Gasteiger partial charge in [0, 0.05) is 18.4 Å². The number of anilines is 1. The van der Waals surface area contributed by atoms with Crippen molar-refractivity contribution in [3.8, 4) is 0 Å². The molecule has 17 heavy (non-hydrogen) atoms. The number of hydrogen-bond acceptors (Lipinski definition) is 3. The second-order valence-electron chi connectivity index (χ2n) is 5.25. The van der Waals surface area contributed by atoms with Crippen molar-refractivity contribution in [2.24, 2.45) is 5.92 Å². The molecule has 2 aliphatic rings. The monoisotopic (exact) mass is 343 g/mol. The highest BCUT2D eigenvalue weighted by molar-refractivity contribution is 14.1. The van der Waals surface area contributed by atoms with Crippen molar-refractivity contribution in [1.29, 1.82) is 0 Å².